The number of benzene rings is 2. The van der Waals surface area contributed by atoms with E-state index in [4.69, 9.17) is 10.5 Å². The highest BCUT2D eigenvalue weighted by Crippen LogP contribution is 2.37. The maximum Gasteiger partial charge on any atom is 0.273 e. The molecule has 6 N–H and O–H groups in total. The molecule has 2 heterocycles. The number of ether oxygens (including phenoxy) is 1. The Morgan fingerprint density at radius 3 is 2.73 bits per heavy atom. The minimum Gasteiger partial charge on any atom is -0.495 e. The highest BCUT2D eigenvalue weighted by atomic mass is 16.5. The van der Waals surface area contributed by atoms with Crippen LogP contribution >= 0.6 is 0 Å². The van der Waals surface area contributed by atoms with Gasteiger partial charge in [0.1, 0.15) is 5.75 Å². The highest BCUT2D eigenvalue weighted by Gasteiger charge is 2.29. The van der Waals surface area contributed by atoms with E-state index in [1.807, 2.05) is 12.1 Å². The first-order chi connectivity index (χ1) is 15.8. The topological polar surface area (TPSA) is 147 Å². The number of nitrogens with two attached hydrogens (primary N) is 1. The molecule has 0 radical (unpaired) electrons. The van der Waals surface area contributed by atoms with Gasteiger partial charge < -0.3 is 31.5 Å². The zero-order chi connectivity index (χ0) is 23.6. The van der Waals surface area contributed by atoms with Crippen molar-refractivity contribution in [3.8, 4) is 5.75 Å². The molecule has 1 aliphatic rings. The number of aromatic nitrogens is 3. The van der Waals surface area contributed by atoms with E-state index in [1.54, 1.807) is 31.4 Å². The maximum absolute atomic E-state index is 11.9. The lowest BCUT2D eigenvalue weighted by molar-refractivity contribution is 0.0995. The van der Waals surface area contributed by atoms with Crippen molar-refractivity contribution in [1.29, 1.82) is 0 Å². The van der Waals surface area contributed by atoms with Crippen LogP contribution in [0.2, 0.25) is 0 Å². The van der Waals surface area contributed by atoms with Gasteiger partial charge in [-0.3, -0.25) is 4.79 Å². The lowest BCUT2D eigenvalue weighted by Crippen LogP contribution is -2.38. The van der Waals surface area contributed by atoms with Crippen molar-refractivity contribution >= 4 is 29.0 Å². The van der Waals surface area contributed by atoms with Crippen molar-refractivity contribution in [1.82, 2.24) is 20.5 Å². The van der Waals surface area contributed by atoms with E-state index in [0.717, 1.165) is 18.7 Å². The van der Waals surface area contributed by atoms with Gasteiger partial charge in [0, 0.05) is 29.8 Å². The smallest absolute Gasteiger partial charge is 0.273 e. The van der Waals surface area contributed by atoms with Crippen LogP contribution in [0.1, 0.15) is 41.0 Å². The first-order valence-electron chi connectivity index (χ1n) is 10.5. The van der Waals surface area contributed by atoms with Gasteiger partial charge in [0.05, 0.1) is 19.4 Å². The summed E-state index contributed by atoms with van der Waals surface area (Å²) in [6.45, 7) is 5.80. The minimum atomic E-state index is -0.773. The predicted octanol–water partition coefficient (Wildman–Crippen LogP) is 2.34. The molecule has 2 aromatic carbocycles. The van der Waals surface area contributed by atoms with Crippen molar-refractivity contribution in [2.45, 2.75) is 32.4 Å². The molecule has 0 unspecified atom stereocenters. The van der Waals surface area contributed by atoms with E-state index >= 15 is 0 Å². The number of aliphatic hydroxyl groups is 1. The lowest BCUT2D eigenvalue weighted by atomic mass is 9.79. The molecule has 3 aromatic rings. The van der Waals surface area contributed by atoms with Gasteiger partial charge in [-0.1, -0.05) is 32.0 Å². The van der Waals surface area contributed by atoms with Gasteiger partial charge in [0.25, 0.3) is 5.91 Å². The molecular weight excluding hydrogens is 422 g/mol. The maximum atomic E-state index is 11.9. The SMILES string of the molecule is COc1cc2c(cc1Nc1nnc(C(N)=O)c(Nc3ccccc3CO)n1)CNCC2(C)C. The van der Waals surface area contributed by atoms with E-state index in [0.29, 0.717) is 22.7 Å². The third-order valence-electron chi connectivity index (χ3n) is 5.64. The fourth-order valence-corrected chi connectivity index (χ4v) is 3.93. The van der Waals surface area contributed by atoms with Crippen LogP contribution in [0.5, 0.6) is 5.75 Å². The van der Waals surface area contributed by atoms with Gasteiger partial charge in [-0.05, 0) is 29.3 Å². The zero-order valence-electron chi connectivity index (χ0n) is 18.8. The number of amides is 1. The van der Waals surface area contributed by atoms with Crippen LogP contribution in [0.15, 0.2) is 36.4 Å². The Kier molecular flexibility index (Phi) is 6.12. The molecule has 33 heavy (non-hydrogen) atoms. The second-order valence-electron chi connectivity index (χ2n) is 8.46. The molecule has 0 saturated carbocycles. The molecule has 0 atom stereocenters. The molecule has 0 aliphatic carbocycles. The number of primary amides is 1. The van der Waals surface area contributed by atoms with Crippen LogP contribution in [-0.4, -0.2) is 39.8 Å². The summed E-state index contributed by atoms with van der Waals surface area (Å²) in [7, 11) is 1.61. The molecular formula is C23H27N7O3. The fraction of sp³-hybridized carbons (Fsp3) is 0.304. The summed E-state index contributed by atoms with van der Waals surface area (Å²) in [5, 5.41) is 27.2. The highest BCUT2D eigenvalue weighted by molar-refractivity contribution is 5.96. The third kappa shape index (κ3) is 4.57. The van der Waals surface area contributed by atoms with Crippen molar-refractivity contribution in [3.63, 3.8) is 0 Å². The molecule has 10 nitrogen and oxygen atoms in total. The number of rotatable bonds is 7. The molecule has 1 amide bonds. The van der Waals surface area contributed by atoms with Gasteiger partial charge >= 0.3 is 0 Å². The van der Waals surface area contributed by atoms with Gasteiger partial charge in [-0.2, -0.15) is 4.98 Å². The molecule has 0 fully saturated rings. The van der Waals surface area contributed by atoms with Crippen LogP contribution in [0.4, 0.5) is 23.1 Å². The standard InChI is InChI=1S/C23H27N7O3/c1-23(2)12-25-10-14-8-17(18(33-3)9-15(14)23)27-22-28-21(19(20(24)32)29-30-22)26-16-7-5-4-6-13(16)11-31/h4-9,25,31H,10-12H2,1-3H3,(H2,24,32)(H2,26,27,28,30). The Bertz CT molecular complexity index is 1200. The first kappa shape index (κ1) is 22.4. The summed E-state index contributed by atoms with van der Waals surface area (Å²) >= 11 is 0. The lowest BCUT2D eigenvalue weighted by Gasteiger charge is -2.34. The average Bonchev–Trinajstić information content (AvgIpc) is 2.79. The monoisotopic (exact) mass is 449 g/mol. The molecule has 172 valence electrons. The quantitative estimate of drug-likeness (QED) is 0.366. The van der Waals surface area contributed by atoms with E-state index in [-0.39, 0.29) is 29.5 Å². The summed E-state index contributed by atoms with van der Waals surface area (Å²) in [5.41, 5.74) is 9.57. The number of anilines is 4. The van der Waals surface area contributed by atoms with Gasteiger partial charge in [0.2, 0.25) is 5.95 Å². The van der Waals surface area contributed by atoms with Crippen LogP contribution in [0.3, 0.4) is 0 Å². The van der Waals surface area contributed by atoms with E-state index in [2.05, 4.69) is 45.0 Å². The van der Waals surface area contributed by atoms with Crippen LogP contribution in [0, 0.1) is 0 Å². The van der Waals surface area contributed by atoms with Gasteiger partial charge in [-0.15, -0.1) is 10.2 Å². The third-order valence-corrected chi connectivity index (χ3v) is 5.64. The number of methoxy groups -OCH3 is 1. The Morgan fingerprint density at radius 2 is 2.00 bits per heavy atom. The molecule has 0 bridgehead atoms. The molecule has 1 aromatic heterocycles. The summed E-state index contributed by atoms with van der Waals surface area (Å²) in [4.78, 5) is 16.3. The first-order valence-corrected chi connectivity index (χ1v) is 10.5. The number of nitrogens with zero attached hydrogens (tertiary/aromatic N) is 3. The number of para-hydroxylation sites is 1. The number of nitrogens with one attached hydrogen (secondary N) is 3. The number of hydrogen-bond donors (Lipinski definition) is 5. The number of hydrogen-bond acceptors (Lipinski definition) is 9. The van der Waals surface area contributed by atoms with Crippen molar-refractivity contribution < 1.29 is 14.6 Å². The van der Waals surface area contributed by atoms with Crippen molar-refractivity contribution in [3.05, 3.63) is 58.8 Å². The summed E-state index contributed by atoms with van der Waals surface area (Å²) < 4.78 is 5.62. The second-order valence-corrected chi connectivity index (χ2v) is 8.46. The molecule has 4 rings (SSSR count). The van der Waals surface area contributed by atoms with Crippen LogP contribution in [-0.2, 0) is 18.6 Å². The van der Waals surface area contributed by atoms with E-state index in [1.165, 1.54) is 5.56 Å². The van der Waals surface area contributed by atoms with Crippen molar-refractivity contribution in [2.24, 2.45) is 5.73 Å². The molecule has 1 aliphatic heterocycles. The van der Waals surface area contributed by atoms with Crippen LogP contribution < -0.4 is 26.4 Å². The Hall–Kier alpha value is -3.76. The van der Waals surface area contributed by atoms with Crippen molar-refractivity contribution in [2.75, 3.05) is 24.3 Å². The van der Waals surface area contributed by atoms with E-state index in [9.17, 15) is 9.90 Å². The number of carbonyl (C=O) groups excluding carboxylic acids is 1. The fourth-order valence-electron chi connectivity index (χ4n) is 3.93. The zero-order valence-corrected chi connectivity index (χ0v) is 18.8. The Balaban J connectivity index is 1.71. The minimum absolute atomic E-state index is 0.0300. The molecule has 10 heteroatoms. The Morgan fingerprint density at radius 1 is 1.21 bits per heavy atom. The van der Waals surface area contributed by atoms with Crippen LogP contribution in [0.25, 0.3) is 0 Å². The summed E-state index contributed by atoms with van der Waals surface area (Å²) in [6.07, 6.45) is 0. The number of carbonyl (C=O) groups is 1. The molecule has 0 spiro atoms. The predicted molar refractivity (Wildman–Crippen MR) is 125 cm³/mol. The second kappa shape index (κ2) is 9.00. The normalized spacial score (nSPS) is 14.3. The van der Waals surface area contributed by atoms with Gasteiger partial charge in [-0.25, -0.2) is 0 Å². The number of fused-ring (bicyclic) bond motifs is 1. The Labute approximate surface area is 191 Å². The molecule has 0 saturated heterocycles. The average molecular weight is 450 g/mol. The summed E-state index contributed by atoms with van der Waals surface area (Å²) in [5.74, 6) is 0.155. The summed E-state index contributed by atoms with van der Waals surface area (Å²) in [6, 6.07) is 11.1. The van der Waals surface area contributed by atoms with Gasteiger partial charge in [0.15, 0.2) is 11.5 Å². The number of aliphatic hydroxyl groups excluding tert-OH is 1. The largest absolute Gasteiger partial charge is 0.495 e. The van der Waals surface area contributed by atoms with E-state index < -0.39 is 5.91 Å².